The maximum atomic E-state index is 12.3. The first kappa shape index (κ1) is 17.8. The normalized spacial score (nSPS) is 10.7. The highest BCUT2D eigenvalue weighted by Crippen LogP contribution is 2.14. The van der Waals surface area contributed by atoms with Crippen LogP contribution in [-0.4, -0.2) is 17.5 Å². The van der Waals surface area contributed by atoms with Gasteiger partial charge in [-0.05, 0) is 49.6 Å². The lowest BCUT2D eigenvalue weighted by molar-refractivity contribution is 0.0950. The molecule has 0 saturated heterocycles. The second-order valence-corrected chi connectivity index (χ2v) is 6.36. The molecule has 5 heteroatoms. The highest BCUT2D eigenvalue weighted by atomic mass is 16.5. The van der Waals surface area contributed by atoms with Crippen molar-refractivity contribution in [3.05, 3.63) is 63.1 Å². The van der Waals surface area contributed by atoms with Crippen LogP contribution < -0.4 is 15.6 Å². The van der Waals surface area contributed by atoms with E-state index in [-0.39, 0.29) is 18.0 Å². The molecule has 5 nitrogen and oxygen atoms in total. The molecule has 0 saturated carbocycles. The Labute approximate surface area is 142 Å². The second kappa shape index (κ2) is 7.81. The molecule has 1 aromatic heterocycles. The van der Waals surface area contributed by atoms with Gasteiger partial charge in [0.2, 0.25) is 0 Å². The van der Waals surface area contributed by atoms with Crippen LogP contribution in [0.1, 0.15) is 41.0 Å². The molecule has 1 amide bonds. The van der Waals surface area contributed by atoms with Crippen molar-refractivity contribution in [1.29, 1.82) is 0 Å². The van der Waals surface area contributed by atoms with Gasteiger partial charge in [0.1, 0.15) is 5.75 Å². The van der Waals surface area contributed by atoms with Crippen molar-refractivity contribution < 1.29 is 9.53 Å². The molecule has 2 aromatic rings. The molecule has 0 atom stereocenters. The Morgan fingerprint density at radius 2 is 2.00 bits per heavy atom. The number of carbonyl (C=O) groups is 1. The van der Waals surface area contributed by atoms with Crippen molar-refractivity contribution in [3.63, 3.8) is 0 Å². The van der Waals surface area contributed by atoms with Gasteiger partial charge in [0.15, 0.2) is 0 Å². The zero-order valence-electron chi connectivity index (χ0n) is 14.6. The van der Waals surface area contributed by atoms with E-state index in [0.717, 1.165) is 11.3 Å². The third-order valence-electron chi connectivity index (χ3n) is 3.60. The van der Waals surface area contributed by atoms with E-state index in [0.29, 0.717) is 29.4 Å². The third kappa shape index (κ3) is 4.72. The topological polar surface area (TPSA) is 71.2 Å². The molecule has 24 heavy (non-hydrogen) atoms. The lowest BCUT2D eigenvalue weighted by atomic mass is 10.1. The molecule has 0 fully saturated rings. The second-order valence-electron chi connectivity index (χ2n) is 6.36. The van der Waals surface area contributed by atoms with E-state index in [4.69, 9.17) is 4.74 Å². The predicted molar refractivity (Wildman–Crippen MR) is 94.5 cm³/mol. The fourth-order valence-corrected chi connectivity index (χ4v) is 2.36. The van der Waals surface area contributed by atoms with Gasteiger partial charge in [-0.1, -0.05) is 19.9 Å². The molecule has 1 aromatic carbocycles. The molecule has 0 radical (unpaired) electrons. The van der Waals surface area contributed by atoms with E-state index in [1.54, 1.807) is 18.2 Å². The average molecular weight is 328 g/mol. The largest absolute Gasteiger partial charge is 0.493 e. The Bertz CT molecular complexity index is 778. The molecule has 128 valence electrons. The van der Waals surface area contributed by atoms with Crippen LogP contribution in [0.2, 0.25) is 0 Å². The predicted octanol–water partition coefficient (Wildman–Crippen LogP) is 2.96. The lowest BCUT2D eigenvalue weighted by Gasteiger charge is -2.11. The van der Waals surface area contributed by atoms with Gasteiger partial charge in [0.05, 0.1) is 6.61 Å². The molecule has 0 bridgehead atoms. The molecule has 0 aliphatic carbocycles. The van der Waals surface area contributed by atoms with Crippen LogP contribution in [-0.2, 0) is 6.54 Å². The van der Waals surface area contributed by atoms with Crippen molar-refractivity contribution in [2.45, 2.75) is 34.2 Å². The smallest absolute Gasteiger partial charge is 0.253 e. The van der Waals surface area contributed by atoms with Crippen LogP contribution in [0.4, 0.5) is 0 Å². The molecule has 0 aliphatic heterocycles. The van der Waals surface area contributed by atoms with E-state index in [1.165, 1.54) is 0 Å². The Kier molecular flexibility index (Phi) is 5.79. The van der Waals surface area contributed by atoms with Crippen molar-refractivity contribution in [2.24, 2.45) is 5.92 Å². The van der Waals surface area contributed by atoms with Gasteiger partial charge >= 0.3 is 0 Å². The Morgan fingerprint density at radius 3 is 2.67 bits per heavy atom. The van der Waals surface area contributed by atoms with Crippen LogP contribution in [0.15, 0.2) is 35.1 Å². The molecule has 2 N–H and O–H groups in total. The standard InChI is InChI=1S/C19H24N2O3/c1-12(2)11-24-16-7-5-6-15(9-16)18(22)20-10-17-13(3)8-14(4)21-19(17)23/h5-9,12H,10-11H2,1-4H3,(H,20,22)(H,21,23). The first-order valence-corrected chi connectivity index (χ1v) is 8.07. The van der Waals surface area contributed by atoms with Crippen molar-refractivity contribution in [3.8, 4) is 5.75 Å². The number of benzene rings is 1. The number of rotatable bonds is 6. The maximum absolute atomic E-state index is 12.3. The molecule has 1 heterocycles. The maximum Gasteiger partial charge on any atom is 0.253 e. The summed E-state index contributed by atoms with van der Waals surface area (Å²) in [5.41, 5.74) is 2.59. The zero-order valence-corrected chi connectivity index (χ0v) is 14.6. The highest BCUT2D eigenvalue weighted by Gasteiger charge is 2.10. The quantitative estimate of drug-likeness (QED) is 0.856. The van der Waals surface area contributed by atoms with E-state index in [2.05, 4.69) is 24.1 Å². The van der Waals surface area contributed by atoms with Gasteiger partial charge < -0.3 is 15.0 Å². The van der Waals surface area contributed by atoms with Gasteiger partial charge in [-0.15, -0.1) is 0 Å². The van der Waals surface area contributed by atoms with E-state index < -0.39 is 0 Å². The Hall–Kier alpha value is -2.56. The van der Waals surface area contributed by atoms with Gasteiger partial charge in [-0.25, -0.2) is 0 Å². The minimum absolute atomic E-state index is 0.165. The van der Waals surface area contributed by atoms with Crippen molar-refractivity contribution >= 4 is 5.91 Å². The molecule has 0 unspecified atom stereocenters. The van der Waals surface area contributed by atoms with Gasteiger partial charge in [-0.2, -0.15) is 0 Å². The minimum atomic E-state index is -0.232. The number of amides is 1. The number of hydrogen-bond acceptors (Lipinski definition) is 3. The van der Waals surface area contributed by atoms with E-state index in [9.17, 15) is 9.59 Å². The molecular weight excluding hydrogens is 304 g/mol. The Balaban J connectivity index is 2.05. The number of aromatic amines is 1. The minimum Gasteiger partial charge on any atom is -0.493 e. The summed E-state index contributed by atoms with van der Waals surface area (Å²) >= 11 is 0. The summed E-state index contributed by atoms with van der Waals surface area (Å²) in [7, 11) is 0. The summed E-state index contributed by atoms with van der Waals surface area (Å²) in [5.74, 6) is 0.851. The average Bonchev–Trinajstić information content (AvgIpc) is 2.52. The number of ether oxygens (including phenoxy) is 1. The van der Waals surface area contributed by atoms with Crippen LogP contribution >= 0.6 is 0 Å². The Morgan fingerprint density at radius 1 is 1.25 bits per heavy atom. The van der Waals surface area contributed by atoms with Crippen LogP contribution in [0.3, 0.4) is 0 Å². The number of aryl methyl sites for hydroxylation is 2. The van der Waals surface area contributed by atoms with Crippen molar-refractivity contribution in [1.82, 2.24) is 10.3 Å². The molecular formula is C19H24N2O3. The first-order valence-electron chi connectivity index (χ1n) is 8.07. The summed E-state index contributed by atoms with van der Waals surface area (Å²) in [6.07, 6.45) is 0. The van der Waals surface area contributed by atoms with Crippen LogP contribution in [0.25, 0.3) is 0 Å². The SMILES string of the molecule is Cc1cc(C)c(CNC(=O)c2cccc(OCC(C)C)c2)c(=O)[nH]1. The molecule has 2 rings (SSSR count). The first-order chi connectivity index (χ1) is 11.4. The number of nitrogens with one attached hydrogen (secondary N) is 2. The fraction of sp³-hybridized carbons (Fsp3) is 0.368. The summed E-state index contributed by atoms with van der Waals surface area (Å²) in [6, 6.07) is 8.94. The number of H-pyrrole nitrogens is 1. The fourth-order valence-electron chi connectivity index (χ4n) is 2.36. The van der Waals surface area contributed by atoms with Crippen LogP contribution in [0, 0.1) is 19.8 Å². The number of pyridine rings is 1. The summed E-state index contributed by atoms with van der Waals surface area (Å²) < 4.78 is 5.64. The number of aromatic nitrogens is 1. The van der Waals surface area contributed by atoms with Crippen molar-refractivity contribution in [2.75, 3.05) is 6.61 Å². The monoisotopic (exact) mass is 328 g/mol. The molecule has 0 aliphatic rings. The number of carbonyl (C=O) groups excluding carboxylic acids is 1. The number of hydrogen-bond donors (Lipinski definition) is 2. The third-order valence-corrected chi connectivity index (χ3v) is 3.60. The lowest BCUT2D eigenvalue weighted by Crippen LogP contribution is -2.27. The zero-order chi connectivity index (χ0) is 17.7. The van der Waals surface area contributed by atoms with E-state index >= 15 is 0 Å². The summed E-state index contributed by atoms with van der Waals surface area (Å²) in [4.78, 5) is 27.1. The van der Waals surface area contributed by atoms with Gasteiger partial charge in [-0.3, -0.25) is 9.59 Å². The molecule has 0 spiro atoms. The summed E-state index contributed by atoms with van der Waals surface area (Å²) in [5, 5.41) is 2.79. The van der Waals surface area contributed by atoms with Gasteiger partial charge in [0.25, 0.3) is 11.5 Å². The highest BCUT2D eigenvalue weighted by molar-refractivity contribution is 5.94. The summed E-state index contributed by atoms with van der Waals surface area (Å²) in [6.45, 7) is 8.62. The van der Waals surface area contributed by atoms with Gasteiger partial charge in [0, 0.05) is 23.4 Å². The van der Waals surface area contributed by atoms with Crippen LogP contribution in [0.5, 0.6) is 5.75 Å². The van der Waals surface area contributed by atoms with E-state index in [1.807, 2.05) is 26.0 Å².